The van der Waals surface area contributed by atoms with E-state index in [4.69, 9.17) is 9.47 Å². The molecule has 1 atom stereocenters. The van der Waals surface area contributed by atoms with Crippen LogP contribution >= 0.6 is 0 Å². The van der Waals surface area contributed by atoms with Crippen molar-refractivity contribution in [3.63, 3.8) is 0 Å². The molecule has 0 heterocycles. The maximum absolute atomic E-state index is 5.39. The average molecular weight is 285 g/mol. The molecule has 0 spiro atoms. The molecule has 0 saturated carbocycles. The zero-order chi connectivity index (χ0) is 15.2. The van der Waals surface area contributed by atoms with E-state index in [0.29, 0.717) is 0 Å². The molecule has 0 saturated heterocycles. The minimum absolute atomic E-state index is 0.281. The quantitative estimate of drug-likeness (QED) is 0.843. The van der Waals surface area contributed by atoms with Crippen LogP contribution in [0.2, 0.25) is 0 Å². The van der Waals surface area contributed by atoms with Crippen molar-refractivity contribution in [2.24, 2.45) is 0 Å². The van der Waals surface area contributed by atoms with Crippen LogP contribution < -0.4 is 14.8 Å². The van der Waals surface area contributed by atoms with Crippen LogP contribution in [-0.4, -0.2) is 14.2 Å². The van der Waals surface area contributed by atoms with Crippen LogP contribution in [0.3, 0.4) is 0 Å². The van der Waals surface area contributed by atoms with Crippen molar-refractivity contribution in [2.45, 2.75) is 26.3 Å². The first-order chi connectivity index (χ1) is 10.2. The van der Waals surface area contributed by atoms with Gasteiger partial charge in [-0.1, -0.05) is 37.3 Å². The third kappa shape index (κ3) is 3.48. The molecule has 3 nitrogen and oxygen atoms in total. The molecule has 0 radical (unpaired) electrons. The number of aryl methyl sites for hydroxylation is 1. The summed E-state index contributed by atoms with van der Waals surface area (Å²) >= 11 is 0. The molecule has 1 N–H and O–H groups in total. The summed E-state index contributed by atoms with van der Waals surface area (Å²) in [5.74, 6) is 1.50. The molecular weight excluding hydrogens is 262 g/mol. The van der Waals surface area contributed by atoms with Gasteiger partial charge in [-0.25, -0.2) is 0 Å². The number of benzene rings is 2. The van der Waals surface area contributed by atoms with Crippen LogP contribution in [0, 0.1) is 6.92 Å². The normalized spacial score (nSPS) is 11.8. The number of methoxy groups -OCH3 is 2. The summed E-state index contributed by atoms with van der Waals surface area (Å²) in [5, 5.41) is 3.60. The Bertz CT molecular complexity index is 581. The van der Waals surface area contributed by atoms with Gasteiger partial charge in [-0.2, -0.15) is 0 Å². The molecule has 1 unspecified atom stereocenters. The number of ether oxygens (including phenoxy) is 2. The van der Waals surface area contributed by atoms with E-state index in [9.17, 15) is 0 Å². The summed E-state index contributed by atoms with van der Waals surface area (Å²) in [6.45, 7) is 4.25. The first kappa shape index (κ1) is 15.2. The third-order valence-corrected chi connectivity index (χ3v) is 3.67. The number of hydrogen-bond donors (Lipinski definition) is 1. The topological polar surface area (TPSA) is 30.5 Å². The molecule has 0 fully saturated rings. The molecule has 3 heteroatoms. The fourth-order valence-corrected chi connectivity index (χ4v) is 2.43. The highest BCUT2D eigenvalue weighted by atomic mass is 16.5. The Hall–Kier alpha value is -2.16. The van der Waals surface area contributed by atoms with Crippen LogP contribution in [0.15, 0.2) is 42.5 Å². The third-order valence-electron chi connectivity index (χ3n) is 3.67. The van der Waals surface area contributed by atoms with Gasteiger partial charge in [-0.05, 0) is 30.5 Å². The Morgan fingerprint density at radius 3 is 2.19 bits per heavy atom. The highest BCUT2D eigenvalue weighted by Crippen LogP contribution is 2.34. The van der Waals surface area contributed by atoms with Crippen LogP contribution in [0.25, 0.3) is 0 Å². The lowest BCUT2D eigenvalue weighted by atomic mass is 10.0. The highest BCUT2D eigenvalue weighted by molar-refractivity contribution is 5.61. The van der Waals surface area contributed by atoms with Crippen molar-refractivity contribution < 1.29 is 9.47 Å². The van der Waals surface area contributed by atoms with E-state index < -0.39 is 0 Å². The Morgan fingerprint density at radius 2 is 1.62 bits per heavy atom. The minimum Gasteiger partial charge on any atom is -0.493 e. The smallest absolute Gasteiger partial charge is 0.162 e. The highest BCUT2D eigenvalue weighted by Gasteiger charge is 2.13. The fourth-order valence-electron chi connectivity index (χ4n) is 2.43. The van der Waals surface area contributed by atoms with Gasteiger partial charge < -0.3 is 14.8 Å². The molecular formula is C18H23NO2. The molecule has 0 aromatic heterocycles. The summed E-state index contributed by atoms with van der Waals surface area (Å²) < 4.78 is 10.7. The SMILES string of the molecule is CCC(Nc1cc(OC)c(OC)cc1C)c1ccccc1. The Balaban J connectivity index is 2.29. The summed E-state index contributed by atoms with van der Waals surface area (Å²) in [4.78, 5) is 0. The number of anilines is 1. The van der Waals surface area contributed by atoms with E-state index in [2.05, 4.69) is 43.4 Å². The fraction of sp³-hybridized carbons (Fsp3) is 0.333. The van der Waals surface area contributed by atoms with Gasteiger partial charge in [0.2, 0.25) is 0 Å². The second-order valence-corrected chi connectivity index (χ2v) is 5.04. The summed E-state index contributed by atoms with van der Waals surface area (Å²) in [6, 6.07) is 14.8. The predicted molar refractivity (Wildman–Crippen MR) is 87.4 cm³/mol. The van der Waals surface area contributed by atoms with Crippen LogP contribution in [0.5, 0.6) is 11.5 Å². The van der Waals surface area contributed by atoms with E-state index in [0.717, 1.165) is 29.2 Å². The van der Waals surface area contributed by atoms with Gasteiger partial charge in [-0.3, -0.25) is 0 Å². The van der Waals surface area contributed by atoms with E-state index in [-0.39, 0.29) is 6.04 Å². The van der Waals surface area contributed by atoms with Gasteiger partial charge in [0.1, 0.15) is 0 Å². The largest absolute Gasteiger partial charge is 0.493 e. The van der Waals surface area contributed by atoms with Gasteiger partial charge in [-0.15, -0.1) is 0 Å². The first-order valence-electron chi connectivity index (χ1n) is 7.23. The van der Waals surface area contributed by atoms with Crippen LogP contribution in [-0.2, 0) is 0 Å². The van der Waals surface area contributed by atoms with E-state index in [1.165, 1.54) is 5.56 Å². The van der Waals surface area contributed by atoms with E-state index in [1.54, 1.807) is 14.2 Å². The van der Waals surface area contributed by atoms with E-state index >= 15 is 0 Å². The Kier molecular flexibility index (Phi) is 5.09. The molecule has 0 aliphatic rings. The molecule has 21 heavy (non-hydrogen) atoms. The van der Waals surface area contributed by atoms with Crippen molar-refractivity contribution in [1.82, 2.24) is 0 Å². The van der Waals surface area contributed by atoms with Crippen molar-refractivity contribution in [2.75, 3.05) is 19.5 Å². The molecule has 0 aliphatic carbocycles. The van der Waals surface area contributed by atoms with Gasteiger partial charge >= 0.3 is 0 Å². The maximum atomic E-state index is 5.39. The summed E-state index contributed by atoms with van der Waals surface area (Å²) in [5.41, 5.74) is 3.50. The minimum atomic E-state index is 0.281. The van der Waals surface area contributed by atoms with Gasteiger partial charge in [0, 0.05) is 11.8 Å². The second kappa shape index (κ2) is 7.02. The molecule has 0 amide bonds. The maximum Gasteiger partial charge on any atom is 0.162 e. The van der Waals surface area contributed by atoms with Crippen molar-refractivity contribution in [3.8, 4) is 11.5 Å². The molecule has 2 aromatic rings. The van der Waals surface area contributed by atoms with Crippen molar-refractivity contribution in [1.29, 1.82) is 0 Å². The van der Waals surface area contributed by atoms with E-state index in [1.807, 2.05) is 18.2 Å². The second-order valence-electron chi connectivity index (χ2n) is 5.04. The zero-order valence-electron chi connectivity index (χ0n) is 13.1. The predicted octanol–water partition coefficient (Wildman–Crippen LogP) is 4.58. The van der Waals surface area contributed by atoms with Gasteiger partial charge in [0.15, 0.2) is 11.5 Å². The Labute approximate surface area is 126 Å². The summed E-state index contributed by atoms with van der Waals surface area (Å²) in [7, 11) is 3.31. The lowest BCUT2D eigenvalue weighted by Crippen LogP contribution is -2.10. The van der Waals surface area contributed by atoms with Crippen molar-refractivity contribution in [3.05, 3.63) is 53.6 Å². The van der Waals surface area contributed by atoms with Gasteiger partial charge in [0.25, 0.3) is 0 Å². The first-order valence-corrected chi connectivity index (χ1v) is 7.23. The number of rotatable bonds is 6. The van der Waals surface area contributed by atoms with Crippen molar-refractivity contribution >= 4 is 5.69 Å². The molecule has 2 rings (SSSR count). The number of hydrogen-bond acceptors (Lipinski definition) is 3. The lowest BCUT2D eigenvalue weighted by Gasteiger charge is -2.21. The molecule has 2 aromatic carbocycles. The summed E-state index contributed by atoms with van der Waals surface area (Å²) in [6.07, 6.45) is 1.01. The van der Waals surface area contributed by atoms with Crippen LogP contribution in [0.1, 0.15) is 30.5 Å². The Morgan fingerprint density at radius 1 is 1.00 bits per heavy atom. The molecule has 0 aliphatic heterocycles. The average Bonchev–Trinajstić information content (AvgIpc) is 2.54. The monoisotopic (exact) mass is 285 g/mol. The lowest BCUT2D eigenvalue weighted by molar-refractivity contribution is 0.355. The standard InChI is InChI=1S/C18H23NO2/c1-5-15(14-9-7-6-8-10-14)19-16-12-18(21-4)17(20-3)11-13(16)2/h6-12,15,19H,5H2,1-4H3. The van der Waals surface area contributed by atoms with Gasteiger partial charge in [0.05, 0.1) is 20.3 Å². The molecule has 0 bridgehead atoms. The molecule has 112 valence electrons. The zero-order valence-corrected chi connectivity index (χ0v) is 13.1. The number of nitrogens with one attached hydrogen (secondary N) is 1. The van der Waals surface area contributed by atoms with Crippen LogP contribution in [0.4, 0.5) is 5.69 Å².